The highest BCUT2D eigenvalue weighted by atomic mass is 32.1. The van der Waals surface area contributed by atoms with Gasteiger partial charge < -0.3 is 20.5 Å². The maximum atomic E-state index is 14.1. The van der Waals surface area contributed by atoms with E-state index in [1.807, 2.05) is 35.6 Å². The van der Waals surface area contributed by atoms with Gasteiger partial charge in [0.1, 0.15) is 18.3 Å². The van der Waals surface area contributed by atoms with E-state index in [1.54, 1.807) is 42.5 Å². The molecule has 3 N–H and O–H groups in total. The fourth-order valence-electron chi connectivity index (χ4n) is 3.91. The molecule has 5 nitrogen and oxygen atoms in total. The lowest BCUT2D eigenvalue weighted by Crippen LogP contribution is -2.72. The van der Waals surface area contributed by atoms with E-state index in [9.17, 15) is 23.1 Å². The van der Waals surface area contributed by atoms with Gasteiger partial charge in [0.25, 0.3) is 0 Å². The standard InChI is InChI=1S/C25H21F3N2O3S/c26-25(27,28)24(32)20(22(31)18-9-5-2-6-10-18)21(29-23(34)30-24)17-11-13-19(14-12-17)33-15-16-7-3-1-4-8-16/h1-14,20-21,32H,15H2,(H2,29,30,34)/t20-,21+,24-/m0/s1. The number of thiocarbonyl (C=S) groups is 1. The first-order chi connectivity index (χ1) is 16.2. The minimum absolute atomic E-state index is 0.0411. The Kier molecular flexibility index (Phi) is 6.58. The summed E-state index contributed by atoms with van der Waals surface area (Å²) in [4.78, 5) is 13.3. The molecule has 34 heavy (non-hydrogen) atoms. The average molecular weight is 487 g/mol. The zero-order valence-corrected chi connectivity index (χ0v) is 18.6. The van der Waals surface area contributed by atoms with E-state index < -0.39 is 34.8 Å². The predicted molar refractivity (Wildman–Crippen MR) is 124 cm³/mol. The Bertz CT molecular complexity index is 1160. The molecule has 0 aromatic heterocycles. The lowest BCUT2D eigenvalue weighted by atomic mass is 9.77. The summed E-state index contributed by atoms with van der Waals surface area (Å²) in [6.45, 7) is 0.318. The number of ketones is 1. The number of alkyl halides is 3. The van der Waals surface area contributed by atoms with Crippen molar-refractivity contribution in [1.82, 2.24) is 10.6 Å². The minimum atomic E-state index is -5.18. The fraction of sp³-hybridized carbons (Fsp3) is 0.200. The van der Waals surface area contributed by atoms with Crippen LogP contribution in [0.25, 0.3) is 0 Å². The number of halogens is 3. The third-order valence-electron chi connectivity index (χ3n) is 5.63. The molecule has 3 aromatic carbocycles. The molecular formula is C25H21F3N2O3S. The summed E-state index contributed by atoms with van der Waals surface area (Å²) in [6, 6.07) is 22.1. The molecule has 0 bridgehead atoms. The Morgan fingerprint density at radius 2 is 1.56 bits per heavy atom. The number of rotatable bonds is 6. The molecule has 3 aromatic rings. The van der Waals surface area contributed by atoms with Crippen molar-refractivity contribution in [3.63, 3.8) is 0 Å². The molecule has 176 valence electrons. The summed E-state index contributed by atoms with van der Waals surface area (Å²) in [7, 11) is 0. The van der Waals surface area contributed by atoms with Crippen molar-refractivity contribution < 1.29 is 27.8 Å². The van der Waals surface area contributed by atoms with Crippen LogP contribution in [0, 0.1) is 5.92 Å². The van der Waals surface area contributed by atoms with Gasteiger partial charge in [-0.2, -0.15) is 13.2 Å². The van der Waals surface area contributed by atoms with Crippen molar-refractivity contribution in [3.05, 3.63) is 102 Å². The minimum Gasteiger partial charge on any atom is -0.489 e. The van der Waals surface area contributed by atoms with E-state index in [1.165, 1.54) is 12.1 Å². The van der Waals surface area contributed by atoms with Crippen LogP contribution in [0.5, 0.6) is 5.75 Å². The monoisotopic (exact) mass is 486 g/mol. The van der Waals surface area contributed by atoms with E-state index in [4.69, 9.17) is 17.0 Å². The number of carbonyl (C=O) groups is 1. The van der Waals surface area contributed by atoms with Crippen LogP contribution in [0.3, 0.4) is 0 Å². The largest absolute Gasteiger partial charge is 0.489 e. The molecule has 9 heteroatoms. The lowest BCUT2D eigenvalue weighted by Gasteiger charge is -2.46. The third kappa shape index (κ3) is 4.76. The Balaban J connectivity index is 1.66. The van der Waals surface area contributed by atoms with E-state index >= 15 is 0 Å². The molecule has 1 saturated heterocycles. The Hall–Kier alpha value is -3.43. The maximum absolute atomic E-state index is 14.1. The van der Waals surface area contributed by atoms with E-state index in [-0.39, 0.29) is 5.56 Å². The van der Waals surface area contributed by atoms with Gasteiger partial charge in [0.2, 0.25) is 5.72 Å². The molecule has 1 heterocycles. The quantitative estimate of drug-likeness (QED) is 0.351. The van der Waals surface area contributed by atoms with Gasteiger partial charge >= 0.3 is 6.18 Å². The summed E-state index contributed by atoms with van der Waals surface area (Å²) in [5, 5.41) is 15.0. The molecule has 0 aliphatic carbocycles. The molecule has 3 atom stereocenters. The number of hydrogen-bond acceptors (Lipinski definition) is 4. The van der Waals surface area contributed by atoms with Gasteiger partial charge in [0, 0.05) is 5.56 Å². The third-order valence-corrected chi connectivity index (χ3v) is 5.85. The molecule has 0 radical (unpaired) electrons. The number of aliphatic hydroxyl groups is 1. The lowest BCUT2D eigenvalue weighted by molar-refractivity contribution is -0.285. The van der Waals surface area contributed by atoms with Gasteiger partial charge in [0.15, 0.2) is 10.9 Å². The van der Waals surface area contributed by atoms with Crippen LogP contribution in [-0.2, 0) is 6.61 Å². The molecule has 0 unspecified atom stereocenters. The number of hydrogen-bond donors (Lipinski definition) is 3. The van der Waals surface area contributed by atoms with Gasteiger partial charge in [-0.05, 0) is 35.5 Å². The highest BCUT2D eigenvalue weighted by Gasteiger charge is 2.65. The summed E-state index contributed by atoms with van der Waals surface area (Å²) < 4.78 is 47.9. The summed E-state index contributed by atoms with van der Waals surface area (Å²) in [5.74, 6) is -2.32. The van der Waals surface area contributed by atoms with Crippen LogP contribution in [0.1, 0.15) is 27.5 Å². The Morgan fingerprint density at radius 3 is 2.15 bits per heavy atom. The average Bonchev–Trinajstić information content (AvgIpc) is 2.83. The molecular weight excluding hydrogens is 465 g/mol. The molecule has 1 fully saturated rings. The van der Waals surface area contributed by atoms with Crippen molar-refractivity contribution in [3.8, 4) is 5.75 Å². The van der Waals surface area contributed by atoms with Crippen LogP contribution in [0.2, 0.25) is 0 Å². The van der Waals surface area contributed by atoms with E-state index in [0.29, 0.717) is 17.9 Å². The van der Waals surface area contributed by atoms with Crippen LogP contribution in [0.4, 0.5) is 13.2 Å². The molecule has 1 aliphatic heterocycles. The second-order valence-corrected chi connectivity index (χ2v) is 8.30. The van der Waals surface area contributed by atoms with Crippen molar-refractivity contribution in [2.75, 3.05) is 0 Å². The van der Waals surface area contributed by atoms with E-state index in [0.717, 1.165) is 5.56 Å². The van der Waals surface area contributed by atoms with Crippen molar-refractivity contribution in [2.45, 2.75) is 24.6 Å². The highest BCUT2D eigenvalue weighted by Crippen LogP contribution is 2.44. The molecule has 0 amide bonds. The second-order valence-electron chi connectivity index (χ2n) is 7.89. The first-order valence-electron chi connectivity index (χ1n) is 10.4. The molecule has 4 rings (SSSR count). The Labute approximate surface area is 199 Å². The fourth-order valence-corrected chi connectivity index (χ4v) is 4.19. The summed E-state index contributed by atoms with van der Waals surface area (Å²) in [6.07, 6.45) is -5.18. The SMILES string of the molecule is O=C(c1ccccc1)[C@@H]1[C@@H](c2ccc(OCc3ccccc3)cc2)NC(=S)N[C@@]1(O)C(F)(F)F. The molecule has 0 spiro atoms. The van der Waals surface area contributed by atoms with Crippen LogP contribution in [0.15, 0.2) is 84.9 Å². The highest BCUT2D eigenvalue weighted by molar-refractivity contribution is 7.80. The zero-order valence-electron chi connectivity index (χ0n) is 17.8. The topological polar surface area (TPSA) is 70.6 Å². The van der Waals surface area contributed by atoms with E-state index in [2.05, 4.69) is 5.32 Å². The smallest absolute Gasteiger partial charge is 0.437 e. The Morgan fingerprint density at radius 1 is 0.971 bits per heavy atom. The molecule has 0 saturated carbocycles. The molecule has 1 aliphatic rings. The van der Waals surface area contributed by atoms with Crippen molar-refractivity contribution in [2.24, 2.45) is 5.92 Å². The first-order valence-corrected chi connectivity index (χ1v) is 10.8. The van der Waals surface area contributed by atoms with Gasteiger partial charge in [0.05, 0.1) is 6.04 Å². The van der Waals surface area contributed by atoms with Gasteiger partial charge in [-0.3, -0.25) is 4.79 Å². The summed E-state index contributed by atoms with van der Waals surface area (Å²) in [5.41, 5.74) is -2.22. The number of Topliss-reactive ketones (excluding diaryl/α,β-unsaturated/α-hetero) is 1. The van der Waals surface area contributed by atoms with Crippen LogP contribution >= 0.6 is 12.2 Å². The first kappa shape index (κ1) is 23.7. The predicted octanol–water partition coefficient (Wildman–Crippen LogP) is 4.53. The van der Waals surface area contributed by atoms with Gasteiger partial charge in [-0.15, -0.1) is 0 Å². The number of benzene rings is 3. The second kappa shape index (κ2) is 9.44. The maximum Gasteiger partial charge on any atom is 0.437 e. The van der Waals surface area contributed by atoms with Crippen LogP contribution in [-0.4, -0.2) is 27.9 Å². The van der Waals surface area contributed by atoms with Gasteiger partial charge in [-0.1, -0.05) is 72.8 Å². The normalized spacial score (nSPS) is 22.4. The van der Waals surface area contributed by atoms with Gasteiger partial charge in [-0.25, -0.2) is 0 Å². The van der Waals surface area contributed by atoms with Crippen LogP contribution < -0.4 is 15.4 Å². The zero-order chi connectivity index (χ0) is 24.3. The van der Waals surface area contributed by atoms with Crippen molar-refractivity contribution in [1.29, 1.82) is 0 Å². The number of nitrogens with one attached hydrogen (secondary N) is 2. The summed E-state index contributed by atoms with van der Waals surface area (Å²) >= 11 is 4.96. The number of carbonyl (C=O) groups excluding carboxylic acids is 1. The van der Waals surface area contributed by atoms with Crippen molar-refractivity contribution >= 4 is 23.1 Å². The number of ether oxygens (including phenoxy) is 1.